The van der Waals surface area contributed by atoms with Gasteiger partial charge in [-0.1, -0.05) is 24.3 Å². The zero-order valence-electron chi connectivity index (χ0n) is 13.4. The van der Waals surface area contributed by atoms with Crippen molar-refractivity contribution in [2.24, 2.45) is 10.7 Å². The number of nitrogens with one attached hydrogen (secondary N) is 1. The number of nitrogens with zero attached hydrogens (tertiary/aromatic N) is 2. The summed E-state index contributed by atoms with van der Waals surface area (Å²) in [6, 6.07) is 8.36. The van der Waals surface area contributed by atoms with Crippen LogP contribution in [0.1, 0.15) is 18.1 Å². The predicted molar refractivity (Wildman–Crippen MR) is 90.9 cm³/mol. The molecular weight excluding hydrogens is 292 g/mol. The molecule has 6 nitrogen and oxygen atoms in total. The largest absolute Gasteiger partial charge is 0.403 e. The third-order valence-corrected chi connectivity index (χ3v) is 3.84. The summed E-state index contributed by atoms with van der Waals surface area (Å²) < 4.78 is 0. The average molecular weight is 316 g/mol. The Morgan fingerprint density at radius 3 is 2.91 bits per heavy atom. The number of rotatable bonds is 6. The van der Waals surface area contributed by atoms with Gasteiger partial charge in [-0.2, -0.15) is 0 Å². The fourth-order valence-electron chi connectivity index (χ4n) is 2.69. The molecule has 23 heavy (non-hydrogen) atoms. The number of fused-ring (bicyclic) bond motifs is 1. The Hall–Kier alpha value is -2.18. The number of hydrogen-bond donors (Lipinski definition) is 3. The fraction of sp³-hybridized carbons (Fsp3) is 0.412. The van der Waals surface area contributed by atoms with Gasteiger partial charge in [-0.15, -0.1) is 0 Å². The molecule has 0 saturated heterocycles. The summed E-state index contributed by atoms with van der Waals surface area (Å²) in [4.78, 5) is 17.9. The number of hydrogen-bond acceptors (Lipinski definition) is 5. The van der Waals surface area contributed by atoms with Crippen molar-refractivity contribution in [3.63, 3.8) is 0 Å². The first kappa shape index (κ1) is 17.2. The zero-order chi connectivity index (χ0) is 16.7. The summed E-state index contributed by atoms with van der Waals surface area (Å²) in [7, 11) is 0. The van der Waals surface area contributed by atoms with E-state index in [2.05, 4.69) is 33.4 Å². The van der Waals surface area contributed by atoms with Crippen LogP contribution in [-0.4, -0.2) is 47.9 Å². The highest BCUT2D eigenvalue weighted by atomic mass is 16.3. The number of nitrogens with two attached hydrogens (primary N) is 1. The van der Waals surface area contributed by atoms with Crippen molar-refractivity contribution in [2.75, 3.05) is 19.6 Å². The van der Waals surface area contributed by atoms with Gasteiger partial charge in [0.1, 0.15) is 5.70 Å². The second-order valence-corrected chi connectivity index (χ2v) is 5.56. The minimum atomic E-state index is -0.631. The SMILES string of the molecule is C/C=N\C(=C/N)C(=O)NC[C@@H](O)CN1CCc2ccccc2C1. The lowest BCUT2D eigenvalue weighted by Crippen LogP contribution is -2.42. The van der Waals surface area contributed by atoms with Crippen molar-refractivity contribution >= 4 is 12.1 Å². The maximum atomic E-state index is 11.8. The summed E-state index contributed by atoms with van der Waals surface area (Å²) in [5.41, 5.74) is 8.18. The van der Waals surface area contributed by atoms with Crippen LogP contribution in [0.5, 0.6) is 0 Å². The first-order valence-corrected chi connectivity index (χ1v) is 7.80. The van der Waals surface area contributed by atoms with Gasteiger partial charge in [0.2, 0.25) is 0 Å². The maximum absolute atomic E-state index is 11.8. The van der Waals surface area contributed by atoms with Crippen LogP contribution in [0.4, 0.5) is 0 Å². The number of aliphatic imine (C=N–C) groups is 1. The van der Waals surface area contributed by atoms with Gasteiger partial charge in [0, 0.05) is 38.6 Å². The summed E-state index contributed by atoms with van der Waals surface area (Å²) in [5, 5.41) is 12.8. The van der Waals surface area contributed by atoms with Crippen LogP contribution in [0.15, 0.2) is 41.2 Å². The predicted octanol–water partition coefficient (Wildman–Crippen LogP) is 0.413. The highest BCUT2D eigenvalue weighted by molar-refractivity contribution is 5.94. The van der Waals surface area contributed by atoms with Crippen molar-refractivity contribution in [3.05, 3.63) is 47.3 Å². The quantitative estimate of drug-likeness (QED) is 0.524. The number of benzene rings is 1. The molecule has 0 aliphatic carbocycles. The van der Waals surface area contributed by atoms with Gasteiger partial charge < -0.3 is 16.2 Å². The minimum Gasteiger partial charge on any atom is -0.403 e. The van der Waals surface area contributed by atoms with Crippen LogP contribution in [0, 0.1) is 0 Å². The number of carbonyl (C=O) groups excluding carboxylic acids is 1. The Balaban J connectivity index is 1.80. The second-order valence-electron chi connectivity index (χ2n) is 5.56. The van der Waals surface area contributed by atoms with Crippen molar-refractivity contribution in [3.8, 4) is 0 Å². The summed E-state index contributed by atoms with van der Waals surface area (Å²) in [6.07, 6.45) is 3.01. The van der Waals surface area contributed by atoms with E-state index in [1.807, 2.05) is 6.07 Å². The summed E-state index contributed by atoms with van der Waals surface area (Å²) in [6.45, 7) is 4.14. The molecule has 6 heteroatoms. The first-order chi connectivity index (χ1) is 11.1. The molecule has 0 aromatic heterocycles. The smallest absolute Gasteiger partial charge is 0.271 e. The van der Waals surface area contributed by atoms with Crippen LogP contribution in [-0.2, 0) is 17.8 Å². The van der Waals surface area contributed by atoms with Gasteiger partial charge in [-0.05, 0) is 24.5 Å². The van der Waals surface area contributed by atoms with Gasteiger partial charge in [0.15, 0.2) is 0 Å². The lowest BCUT2D eigenvalue weighted by Gasteiger charge is -2.30. The van der Waals surface area contributed by atoms with Crippen LogP contribution in [0.25, 0.3) is 0 Å². The van der Waals surface area contributed by atoms with Gasteiger partial charge in [-0.25, -0.2) is 0 Å². The van der Waals surface area contributed by atoms with Gasteiger partial charge in [0.25, 0.3) is 5.91 Å². The van der Waals surface area contributed by atoms with E-state index in [-0.39, 0.29) is 18.1 Å². The molecule has 1 amide bonds. The number of aliphatic hydroxyl groups excluding tert-OH is 1. The second kappa shape index (κ2) is 8.45. The molecule has 1 heterocycles. The number of β-amino-alcohol motifs (C(OH)–C–C–N with tert-alkyl or cyclic N) is 1. The van der Waals surface area contributed by atoms with Crippen LogP contribution in [0.3, 0.4) is 0 Å². The van der Waals surface area contributed by atoms with E-state index in [4.69, 9.17) is 5.73 Å². The fourth-order valence-corrected chi connectivity index (χ4v) is 2.69. The topological polar surface area (TPSA) is 90.9 Å². The van der Waals surface area contributed by atoms with E-state index in [1.54, 1.807) is 6.92 Å². The molecule has 1 aromatic rings. The monoisotopic (exact) mass is 316 g/mol. The first-order valence-electron chi connectivity index (χ1n) is 7.80. The van der Waals surface area contributed by atoms with Crippen LogP contribution < -0.4 is 11.1 Å². The molecule has 1 aromatic carbocycles. The van der Waals surface area contributed by atoms with E-state index in [1.165, 1.54) is 17.3 Å². The summed E-state index contributed by atoms with van der Waals surface area (Å²) >= 11 is 0. The lowest BCUT2D eigenvalue weighted by atomic mass is 10.00. The Labute approximate surface area is 136 Å². The molecule has 0 fully saturated rings. The van der Waals surface area contributed by atoms with Gasteiger partial charge >= 0.3 is 0 Å². The van der Waals surface area contributed by atoms with E-state index in [0.29, 0.717) is 6.54 Å². The lowest BCUT2D eigenvalue weighted by molar-refractivity contribution is -0.118. The molecule has 124 valence electrons. The molecule has 2 rings (SSSR count). The third-order valence-electron chi connectivity index (χ3n) is 3.84. The van der Waals surface area contributed by atoms with E-state index in [0.717, 1.165) is 25.7 Å². The minimum absolute atomic E-state index is 0.145. The molecule has 1 atom stereocenters. The normalized spacial score (nSPS) is 17.0. The highest BCUT2D eigenvalue weighted by Gasteiger charge is 2.19. The van der Waals surface area contributed by atoms with Gasteiger partial charge in [-0.3, -0.25) is 14.7 Å². The van der Waals surface area contributed by atoms with E-state index in [9.17, 15) is 9.90 Å². The van der Waals surface area contributed by atoms with Crippen LogP contribution >= 0.6 is 0 Å². The Morgan fingerprint density at radius 1 is 1.48 bits per heavy atom. The van der Waals surface area contributed by atoms with Gasteiger partial charge in [0.05, 0.1) is 6.10 Å². The van der Waals surface area contributed by atoms with Crippen molar-refractivity contribution in [1.82, 2.24) is 10.2 Å². The molecule has 0 bridgehead atoms. The Kier molecular flexibility index (Phi) is 6.31. The molecular formula is C17H24N4O2. The third kappa shape index (κ3) is 4.91. The maximum Gasteiger partial charge on any atom is 0.271 e. The Morgan fingerprint density at radius 2 is 2.22 bits per heavy atom. The van der Waals surface area contributed by atoms with Crippen molar-refractivity contribution in [2.45, 2.75) is 26.0 Å². The Bertz CT molecular complexity index is 598. The number of carbonyl (C=O) groups is 1. The molecule has 0 saturated carbocycles. The number of amides is 1. The molecule has 0 spiro atoms. The molecule has 4 N–H and O–H groups in total. The molecule has 1 aliphatic heterocycles. The van der Waals surface area contributed by atoms with Crippen molar-refractivity contribution in [1.29, 1.82) is 0 Å². The molecule has 1 aliphatic rings. The van der Waals surface area contributed by atoms with Crippen LogP contribution in [0.2, 0.25) is 0 Å². The zero-order valence-corrected chi connectivity index (χ0v) is 13.4. The van der Waals surface area contributed by atoms with Crippen molar-refractivity contribution < 1.29 is 9.90 Å². The standard InChI is InChI=1S/C17H24N4O2/c1-2-19-16(9-18)17(23)20-10-15(22)12-21-8-7-13-5-3-4-6-14(13)11-21/h2-6,9,15,22H,7-8,10-12,18H2,1H3,(H,20,23)/b16-9-,19-2-/t15-/m1/s1. The van der Waals surface area contributed by atoms with E-state index >= 15 is 0 Å². The highest BCUT2D eigenvalue weighted by Crippen LogP contribution is 2.18. The summed E-state index contributed by atoms with van der Waals surface area (Å²) in [5.74, 6) is -0.381. The number of aliphatic hydroxyl groups is 1. The van der Waals surface area contributed by atoms with E-state index < -0.39 is 6.10 Å². The molecule has 0 unspecified atom stereocenters. The average Bonchev–Trinajstić information content (AvgIpc) is 2.57. The molecule has 0 radical (unpaired) electrons.